The molecule has 0 radical (unpaired) electrons. The average Bonchev–Trinajstić information content (AvgIpc) is 3.07. The Morgan fingerprint density at radius 1 is 1.00 bits per heavy atom. The molecule has 7 nitrogen and oxygen atoms in total. The number of rotatable bonds is 5. The third kappa shape index (κ3) is 4.21. The molecule has 7 heteroatoms. The van der Waals surface area contributed by atoms with Crippen molar-refractivity contribution >= 4 is 10.9 Å². The molecule has 1 atom stereocenters. The summed E-state index contributed by atoms with van der Waals surface area (Å²) in [4.78, 5) is 18.8. The van der Waals surface area contributed by atoms with E-state index < -0.39 is 0 Å². The highest BCUT2D eigenvalue weighted by molar-refractivity contribution is 5.79. The van der Waals surface area contributed by atoms with Crippen molar-refractivity contribution in [3.05, 3.63) is 87.5 Å². The van der Waals surface area contributed by atoms with Crippen LogP contribution in [0.15, 0.2) is 59.4 Å². The van der Waals surface area contributed by atoms with E-state index in [1.807, 2.05) is 41.1 Å². The number of pyridine rings is 1. The number of H-pyrrole nitrogens is 1. The van der Waals surface area contributed by atoms with Gasteiger partial charge in [0.15, 0.2) is 5.82 Å². The molecule has 5 rings (SSSR count). The lowest BCUT2D eigenvalue weighted by molar-refractivity contribution is 0.220. The van der Waals surface area contributed by atoms with Crippen LogP contribution in [0.3, 0.4) is 0 Å². The van der Waals surface area contributed by atoms with Gasteiger partial charge in [-0.3, -0.25) is 9.69 Å². The number of aryl methyl sites for hydroxylation is 1. The van der Waals surface area contributed by atoms with E-state index in [-0.39, 0.29) is 11.6 Å². The first kappa shape index (κ1) is 20.6. The Hall–Kier alpha value is -3.32. The molecule has 0 amide bonds. The fourth-order valence-electron chi connectivity index (χ4n) is 4.67. The van der Waals surface area contributed by atoms with Crippen LogP contribution in [0.25, 0.3) is 10.9 Å². The van der Waals surface area contributed by atoms with Crippen molar-refractivity contribution in [2.24, 2.45) is 0 Å². The van der Waals surface area contributed by atoms with E-state index in [0.29, 0.717) is 17.9 Å². The zero-order valence-corrected chi connectivity index (χ0v) is 18.4. The Kier molecular flexibility index (Phi) is 5.81. The highest BCUT2D eigenvalue weighted by Crippen LogP contribution is 2.29. The quantitative estimate of drug-likeness (QED) is 0.522. The van der Waals surface area contributed by atoms with Gasteiger partial charge in [0.2, 0.25) is 0 Å². The number of hydrogen-bond donors (Lipinski definition) is 1. The lowest BCUT2D eigenvalue weighted by Gasteiger charge is -2.29. The van der Waals surface area contributed by atoms with Gasteiger partial charge in [-0.25, -0.2) is 4.68 Å². The standard InChI is InChI=1S/C25H28N6O/c1-18-11-12-22-20(15-18)16-21(25(32)26-22)23(30-13-7-2-3-8-14-30)24-27-28-29-31(24)17-19-9-5-4-6-10-19/h4-6,9-12,15-16,23H,2-3,7-8,13-14,17H2,1H3,(H,26,32). The van der Waals surface area contributed by atoms with Crippen LogP contribution in [-0.2, 0) is 6.54 Å². The van der Waals surface area contributed by atoms with Crippen molar-refractivity contribution in [2.75, 3.05) is 13.1 Å². The second kappa shape index (κ2) is 9.04. The Labute approximate surface area is 187 Å². The SMILES string of the molecule is Cc1ccc2[nH]c(=O)c(C(c3nnnn3Cc3ccccc3)N3CCCCCC3)cc2c1. The molecule has 164 valence electrons. The van der Waals surface area contributed by atoms with E-state index in [1.54, 1.807) is 0 Å². The zero-order valence-electron chi connectivity index (χ0n) is 18.4. The molecule has 0 bridgehead atoms. The molecule has 2 aromatic heterocycles. The summed E-state index contributed by atoms with van der Waals surface area (Å²) in [6.45, 7) is 4.48. The summed E-state index contributed by atoms with van der Waals surface area (Å²) in [5.41, 5.74) is 3.76. The summed E-state index contributed by atoms with van der Waals surface area (Å²) in [7, 11) is 0. The number of nitrogens with one attached hydrogen (secondary N) is 1. The highest BCUT2D eigenvalue weighted by Gasteiger charge is 2.30. The number of nitrogens with zero attached hydrogens (tertiary/aromatic N) is 5. The Balaban J connectivity index is 1.63. The van der Waals surface area contributed by atoms with Crippen molar-refractivity contribution in [2.45, 2.75) is 45.2 Å². The van der Waals surface area contributed by atoms with E-state index in [4.69, 9.17) is 0 Å². The summed E-state index contributed by atoms with van der Waals surface area (Å²) in [5, 5.41) is 13.8. The predicted molar refractivity (Wildman–Crippen MR) is 125 cm³/mol. The lowest BCUT2D eigenvalue weighted by atomic mass is 10.0. The Bertz CT molecular complexity index is 1250. The topological polar surface area (TPSA) is 79.7 Å². The molecule has 1 aliphatic heterocycles. The van der Waals surface area contributed by atoms with Crippen LogP contribution in [-0.4, -0.2) is 43.2 Å². The predicted octanol–water partition coefficient (Wildman–Crippen LogP) is 3.84. The third-order valence-corrected chi connectivity index (χ3v) is 6.31. The normalized spacial score (nSPS) is 16.2. The van der Waals surface area contributed by atoms with Crippen LogP contribution in [0, 0.1) is 6.92 Å². The summed E-state index contributed by atoms with van der Waals surface area (Å²) in [5.74, 6) is 0.716. The van der Waals surface area contributed by atoms with Crippen molar-refractivity contribution in [3.8, 4) is 0 Å². The van der Waals surface area contributed by atoms with E-state index in [2.05, 4.69) is 50.5 Å². The molecule has 1 unspecified atom stereocenters. The number of aromatic nitrogens is 5. The number of fused-ring (bicyclic) bond motifs is 1. The van der Waals surface area contributed by atoms with Gasteiger partial charge < -0.3 is 4.98 Å². The molecular weight excluding hydrogens is 400 g/mol. The van der Waals surface area contributed by atoms with Crippen LogP contribution in [0.1, 0.15) is 54.2 Å². The molecule has 1 aliphatic rings. The average molecular weight is 429 g/mol. The van der Waals surface area contributed by atoms with Crippen LogP contribution >= 0.6 is 0 Å². The smallest absolute Gasteiger partial charge is 0.253 e. The maximum Gasteiger partial charge on any atom is 0.253 e. The summed E-state index contributed by atoms with van der Waals surface area (Å²) >= 11 is 0. The molecule has 1 saturated heterocycles. The summed E-state index contributed by atoms with van der Waals surface area (Å²) in [6, 6.07) is 18.0. The van der Waals surface area contributed by atoms with Crippen molar-refractivity contribution in [1.29, 1.82) is 0 Å². The molecule has 0 saturated carbocycles. The maximum atomic E-state index is 13.3. The molecule has 0 aliphatic carbocycles. The second-order valence-corrected chi connectivity index (χ2v) is 8.68. The number of hydrogen-bond acceptors (Lipinski definition) is 5. The van der Waals surface area contributed by atoms with E-state index in [9.17, 15) is 4.79 Å². The molecule has 0 spiro atoms. The van der Waals surface area contributed by atoms with Gasteiger partial charge in [0.05, 0.1) is 6.54 Å². The third-order valence-electron chi connectivity index (χ3n) is 6.31. The maximum absolute atomic E-state index is 13.3. The summed E-state index contributed by atoms with van der Waals surface area (Å²) in [6.07, 6.45) is 4.65. The van der Waals surface area contributed by atoms with E-state index >= 15 is 0 Å². The van der Waals surface area contributed by atoms with E-state index in [0.717, 1.165) is 48.0 Å². The first-order valence-electron chi connectivity index (χ1n) is 11.4. The van der Waals surface area contributed by atoms with Gasteiger partial charge in [0.25, 0.3) is 5.56 Å². The monoisotopic (exact) mass is 428 g/mol. The van der Waals surface area contributed by atoms with Crippen LogP contribution in [0.2, 0.25) is 0 Å². The minimum absolute atomic E-state index is 0.0788. The van der Waals surface area contributed by atoms with Gasteiger partial charge in [0, 0.05) is 11.1 Å². The first-order chi connectivity index (χ1) is 15.7. The van der Waals surface area contributed by atoms with Gasteiger partial charge >= 0.3 is 0 Å². The van der Waals surface area contributed by atoms with Gasteiger partial charge in [0.1, 0.15) is 6.04 Å². The minimum atomic E-state index is -0.291. The summed E-state index contributed by atoms with van der Waals surface area (Å²) < 4.78 is 1.84. The Morgan fingerprint density at radius 2 is 1.78 bits per heavy atom. The molecular formula is C25H28N6O. The van der Waals surface area contributed by atoms with Gasteiger partial charge in [-0.1, -0.05) is 54.8 Å². The number of likely N-dealkylation sites (tertiary alicyclic amines) is 1. The molecule has 3 heterocycles. The Morgan fingerprint density at radius 3 is 2.56 bits per heavy atom. The fraction of sp³-hybridized carbons (Fsp3) is 0.360. The zero-order chi connectivity index (χ0) is 21.9. The molecule has 4 aromatic rings. The highest BCUT2D eigenvalue weighted by atomic mass is 16.1. The van der Waals surface area contributed by atoms with Crippen molar-refractivity contribution < 1.29 is 0 Å². The lowest BCUT2D eigenvalue weighted by Crippen LogP contribution is -2.36. The minimum Gasteiger partial charge on any atom is -0.322 e. The molecule has 1 fully saturated rings. The van der Waals surface area contributed by atoms with Gasteiger partial charge in [-0.05, 0) is 72.4 Å². The van der Waals surface area contributed by atoms with Crippen molar-refractivity contribution in [3.63, 3.8) is 0 Å². The fourth-order valence-corrected chi connectivity index (χ4v) is 4.67. The number of aromatic amines is 1. The van der Waals surface area contributed by atoms with Gasteiger partial charge in [-0.15, -0.1) is 5.10 Å². The number of benzene rings is 2. The molecule has 2 aromatic carbocycles. The van der Waals surface area contributed by atoms with Crippen LogP contribution in [0.5, 0.6) is 0 Å². The van der Waals surface area contributed by atoms with Gasteiger partial charge in [-0.2, -0.15) is 0 Å². The van der Waals surface area contributed by atoms with Crippen LogP contribution in [0.4, 0.5) is 0 Å². The van der Waals surface area contributed by atoms with E-state index in [1.165, 1.54) is 12.8 Å². The largest absolute Gasteiger partial charge is 0.322 e. The number of tetrazole rings is 1. The molecule has 32 heavy (non-hydrogen) atoms. The van der Waals surface area contributed by atoms with Crippen molar-refractivity contribution in [1.82, 2.24) is 30.1 Å². The van der Waals surface area contributed by atoms with Crippen LogP contribution < -0.4 is 5.56 Å². The molecule has 1 N–H and O–H groups in total. The second-order valence-electron chi connectivity index (χ2n) is 8.68. The first-order valence-corrected chi connectivity index (χ1v) is 11.4.